The molecule has 21 heavy (non-hydrogen) atoms. The van der Waals surface area contributed by atoms with Crippen molar-refractivity contribution in [2.24, 2.45) is 0 Å². The molecule has 0 N–H and O–H groups in total. The summed E-state index contributed by atoms with van der Waals surface area (Å²) in [7, 11) is -0.222. The molecule has 0 amide bonds. The monoisotopic (exact) mass is 312 g/mol. The Balaban J connectivity index is 0.00000220. The molecule has 110 valence electrons. The van der Waals surface area contributed by atoms with Gasteiger partial charge in [-0.25, -0.2) is 8.78 Å². The van der Waals surface area contributed by atoms with Crippen molar-refractivity contribution in [2.45, 2.75) is 18.0 Å². The number of hydrogen-bond acceptors (Lipinski definition) is 2. The van der Waals surface area contributed by atoms with E-state index in [9.17, 15) is 35.1 Å². The topological polar surface area (TPSA) is 18.5 Å². The third-order valence-electron chi connectivity index (χ3n) is 2.60. The van der Waals surface area contributed by atoms with Crippen LogP contribution in [0, 0.1) is 11.6 Å². The Morgan fingerprint density at radius 3 is 1.86 bits per heavy atom. The molecule has 1 aromatic rings. The summed E-state index contributed by atoms with van der Waals surface area (Å²) in [4.78, 5) is 0. The van der Waals surface area contributed by atoms with Gasteiger partial charge in [0.15, 0.2) is 11.6 Å². The zero-order chi connectivity index (χ0) is 15.3. The molecule has 1 aromatic carbocycles. The summed E-state index contributed by atoms with van der Waals surface area (Å²) in [6.07, 6.45) is -11.9. The first kappa shape index (κ1) is 18.1. The Hall–Kier alpha value is -0.918. The summed E-state index contributed by atoms with van der Waals surface area (Å²) in [5, 5.41) is 0. The van der Waals surface area contributed by atoms with Crippen LogP contribution in [0.4, 0.5) is 35.1 Å². The summed E-state index contributed by atoms with van der Waals surface area (Å²) in [5.74, 6) is -4.68. The number of fused-ring (bicyclic) bond motifs is 1. The molecule has 0 atom stereocenters. The van der Waals surface area contributed by atoms with Gasteiger partial charge in [0, 0.05) is 11.6 Å². The van der Waals surface area contributed by atoms with E-state index in [0.717, 1.165) is 0 Å². The van der Waals surface area contributed by atoms with Crippen molar-refractivity contribution in [3.05, 3.63) is 29.3 Å². The van der Waals surface area contributed by atoms with Crippen LogP contribution in [0.2, 0.25) is 0 Å². The predicted molar refractivity (Wildman–Crippen MR) is 47.6 cm³/mol. The fourth-order valence-electron chi connectivity index (χ4n) is 1.71. The van der Waals surface area contributed by atoms with Crippen LogP contribution in [0.1, 0.15) is 5.56 Å². The first-order valence-electron chi connectivity index (χ1n) is 4.80. The smallest absolute Gasteiger partial charge is 0.741 e. The van der Waals surface area contributed by atoms with Crippen molar-refractivity contribution >= 4 is 7.69 Å². The zero-order valence-electron chi connectivity index (χ0n) is 10.1. The molecule has 1 heterocycles. The predicted octanol–water partition coefficient (Wildman–Crippen LogP) is 0.232. The molecule has 2 nitrogen and oxygen atoms in total. The minimum atomic E-state index is -5.97. The first-order valence-corrected chi connectivity index (χ1v) is 4.80. The van der Waals surface area contributed by atoms with Gasteiger partial charge in [0.05, 0.1) is 13.4 Å². The van der Waals surface area contributed by atoms with E-state index in [0.29, 0.717) is 0 Å². The van der Waals surface area contributed by atoms with Gasteiger partial charge in [-0.05, 0) is 6.07 Å². The molecular formula is C9H2BF8LiO2. The second-order valence-electron chi connectivity index (χ2n) is 3.77. The van der Waals surface area contributed by atoms with Crippen LogP contribution in [0.5, 0.6) is 5.75 Å². The van der Waals surface area contributed by atoms with Gasteiger partial charge in [-0.3, -0.25) is 0 Å². The molecule has 0 fully saturated rings. The van der Waals surface area contributed by atoms with Crippen LogP contribution < -0.4 is 23.5 Å². The second-order valence-corrected chi connectivity index (χ2v) is 3.77. The van der Waals surface area contributed by atoms with Crippen LogP contribution in [-0.2, 0) is 10.3 Å². The van der Waals surface area contributed by atoms with Gasteiger partial charge in [-0.15, -0.1) is 0 Å². The fourth-order valence-corrected chi connectivity index (χ4v) is 1.71. The Morgan fingerprint density at radius 2 is 1.38 bits per heavy atom. The molecule has 2 radical (unpaired) electrons. The standard InChI is InChI=1S/C9H2BF8O2.Li/c11-4-1-3-6(2-5(4)12)19-10-20-7(3,8(13,14)15)9(16,17)18;/h1-2H;/q-1;+1. The van der Waals surface area contributed by atoms with Gasteiger partial charge >= 0.3 is 31.2 Å². The van der Waals surface area contributed by atoms with E-state index < -0.39 is 40.9 Å². The van der Waals surface area contributed by atoms with Gasteiger partial charge < -0.3 is 9.31 Å². The molecule has 0 unspecified atom stereocenters. The Bertz CT molecular complexity index is 530. The summed E-state index contributed by atoms with van der Waals surface area (Å²) in [6, 6.07) is -0.172. The maximum absolute atomic E-state index is 13.0. The van der Waals surface area contributed by atoms with Crippen molar-refractivity contribution in [1.29, 1.82) is 0 Å². The Morgan fingerprint density at radius 1 is 0.905 bits per heavy atom. The molecule has 0 bridgehead atoms. The Labute approximate surface area is 124 Å². The number of benzene rings is 1. The van der Waals surface area contributed by atoms with E-state index in [1.54, 1.807) is 0 Å². The number of halogens is 8. The number of alkyl halides is 6. The minimum absolute atomic E-state index is 0. The average molecular weight is 312 g/mol. The molecule has 0 aliphatic carbocycles. The van der Waals surface area contributed by atoms with Crippen LogP contribution in [0.25, 0.3) is 0 Å². The second kappa shape index (κ2) is 5.37. The maximum Gasteiger partial charge on any atom is 1.00 e. The van der Waals surface area contributed by atoms with E-state index in [-0.39, 0.29) is 38.7 Å². The van der Waals surface area contributed by atoms with Gasteiger partial charge in [0.1, 0.15) is 0 Å². The van der Waals surface area contributed by atoms with E-state index >= 15 is 0 Å². The van der Waals surface area contributed by atoms with E-state index in [1.165, 1.54) is 0 Å². The summed E-state index contributed by atoms with van der Waals surface area (Å²) in [5.41, 5.74) is -6.53. The SMILES string of the molecule is Fc1cc2c(cc1F)C(C(F)(F)F)(C(F)(F)F)O[B-]O2.[Li+]. The van der Waals surface area contributed by atoms with Gasteiger partial charge in [0.25, 0.3) is 0 Å². The molecule has 0 spiro atoms. The van der Waals surface area contributed by atoms with E-state index in [4.69, 9.17) is 0 Å². The van der Waals surface area contributed by atoms with Crippen LogP contribution in [0.3, 0.4) is 0 Å². The maximum atomic E-state index is 13.0. The fraction of sp³-hybridized carbons (Fsp3) is 0.333. The molecule has 12 heteroatoms. The third-order valence-corrected chi connectivity index (χ3v) is 2.60. The van der Waals surface area contributed by atoms with Crippen molar-refractivity contribution in [3.8, 4) is 5.75 Å². The third kappa shape index (κ3) is 2.62. The first-order chi connectivity index (χ1) is 9.00. The van der Waals surface area contributed by atoms with Crippen LogP contribution in [-0.4, -0.2) is 20.0 Å². The molecule has 0 saturated carbocycles. The van der Waals surface area contributed by atoms with Crippen molar-refractivity contribution in [1.82, 2.24) is 0 Å². The average Bonchev–Trinajstić information content (AvgIpc) is 2.26. The summed E-state index contributed by atoms with van der Waals surface area (Å²) < 4.78 is 111. The summed E-state index contributed by atoms with van der Waals surface area (Å²) in [6.45, 7) is 0. The van der Waals surface area contributed by atoms with Crippen molar-refractivity contribution in [3.63, 3.8) is 0 Å². The molecule has 0 saturated heterocycles. The quantitative estimate of drug-likeness (QED) is 0.504. The minimum Gasteiger partial charge on any atom is -0.741 e. The van der Waals surface area contributed by atoms with Gasteiger partial charge in [-0.2, -0.15) is 26.3 Å². The van der Waals surface area contributed by atoms with E-state index in [1.807, 2.05) is 0 Å². The van der Waals surface area contributed by atoms with Crippen LogP contribution in [0.15, 0.2) is 12.1 Å². The summed E-state index contributed by atoms with van der Waals surface area (Å²) >= 11 is 0. The van der Waals surface area contributed by atoms with Crippen molar-refractivity contribution < 1.29 is 63.3 Å². The Kier molecular flexibility index (Phi) is 4.64. The molecular weight excluding hydrogens is 310 g/mol. The number of rotatable bonds is 0. The van der Waals surface area contributed by atoms with Gasteiger partial charge in [-0.1, -0.05) is 0 Å². The molecule has 0 aromatic heterocycles. The zero-order valence-corrected chi connectivity index (χ0v) is 10.1. The van der Waals surface area contributed by atoms with Crippen LogP contribution >= 0.6 is 0 Å². The largest absolute Gasteiger partial charge is 1.00 e. The number of hydrogen-bond donors (Lipinski definition) is 0. The molecule has 1 aliphatic heterocycles. The van der Waals surface area contributed by atoms with Gasteiger partial charge in [0.2, 0.25) is 5.60 Å². The molecule has 1 aliphatic rings. The normalized spacial score (nSPS) is 17.5. The van der Waals surface area contributed by atoms with Crippen molar-refractivity contribution in [2.75, 3.05) is 0 Å². The molecule has 2 rings (SSSR count). The van der Waals surface area contributed by atoms with E-state index in [2.05, 4.69) is 9.31 Å².